The number of nitrogens with zero attached hydrogens (tertiary/aromatic N) is 1. The first kappa shape index (κ1) is 16.1. The quantitative estimate of drug-likeness (QED) is 0.434. The number of non-ortho nitro benzene ring substituents is 1. The Bertz CT molecular complexity index is 463. The zero-order valence-corrected chi connectivity index (χ0v) is 11.9. The Labute approximate surface area is 118 Å². The molecule has 1 aromatic rings. The van der Waals surface area contributed by atoms with E-state index in [2.05, 4.69) is 17.6 Å². The van der Waals surface area contributed by atoms with Gasteiger partial charge in [-0.1, -0.05) is 25.5 Å². The van der Waals surface area contributed by atoms with Crippen molar-refractivity contribution < 1.29 is 9.72 Å². The fraction of sp³-hybridized carbons (Fsp3) is 0.500. The van der Waals surface area contributed by atoms with Crippen molar-refractivity contribution in [1.82, 2.24) is 10.6 Å². The Hall–Kier alpha value is -1.95. The van der Waals surface area contributed by atoms with Crippen LogP contribution in [0.25, 0.3) is 0 Å². The zero-order chi connectivity index (χ0) is 15.0. The van der Waals surface area contributed by atoms with Gasteiger partial charge in [0.2, 0.25) is 5.91 Å². The van der Waals surface area contributed by atoms with Gasteiger partial charge in [-0.2, -0.15) is 0 Å². The molecule has 1 unspecified atom stereocenters. The van der Waals surface area contributed by atoms with Crippen LogP contribution in [0.4, 0.5) is 5.69 Å². The molecule has 0 aliphatic carbocycles. The number of nitro groups is 1. The summed E-state index contributed by atoms with van der Waals surface area (Å²) in [5.74, 6) is -0.0609. The van der Waals surface area contributed by atoms with E-state index in [9.17, 15) is 14.9 Å². The number of amides is 1. The number of nitrogens with one attached hydrogen (secondary N) is 2. The molecule has 1 rings (SSSR count). The van der Waals surface area contributed by atoms with Crippen molar-refractivity contribution in [2.45, 2.75) is 32.7 Å². The minimum absolute atomic E-state index is 0.0609. The highest BCUT2D eigenvalue weighted by molar-refractivity contribution is 5.72. The van der Waals surface area contributed by atoms with Gasteiger partial charge < -0.3 is 10.6 Å². The lowest BCUT2D eigenvalue weighted by Gasteiger charge is -2.18. The second-order valence-corrected chi connectivity index (χ2v) is 4.63. The van der Waals surface area contributed by atoms with Gasteiger partial charge in [-0.05, 0) is 12.0 Å². The Morgan fingerprint density at radius 1 is 1.40 bits per heavy atom. The molecule has 0 aliphatic rings. The fourth-order valence-corrected chi connectivity index (χ4v) is 2.02. The summed E-state index contributed by atoms with van der Waals surface area (Å²) >= 11 is 0. The lowest BCUT2D eigenvalue weighted by molar-refractivity contribution is -0.384. The predicted octanol–water partition coefficient (Wildman–Crippen LogP) is 2.16. The van der Waals surface area contributed by atoms with Gasteiger partial charge in [0.25, 0.3) is 5.69 Å². The summed E-state index contributed by atoms with van der Waals surface area (Å²) in [6.45, 7) is 4.72. The molecule has 0 heterocycles. The van der Waals surface area contributed by atoms with Crippen molar-refractivity contribution in [2.75, 3.05) is 13.1 Å². The number of hydrogen-bond acceptors (Lipinski definition) is 4. The van der Waals surface area contributed by atoms with E-state index in [1.54, 1.807) is 12.1 Å². The lowest BCUT2D eigenvalue weighted by atomic mass is 10.0. The minimum Gasteiger partial charge on any atom is -0.355 e. The smallest absolute Gasteiger partial charge is 0.269 e. The van der Waals surface area contributed by atoms with Crippen molar-refractivity contribution in [1.29, 1.82) is 0 Å². The van der Waals surface area contributed by atoms with E-state index in [1.165, 1.54) is 13.0 Å². The van der Waals surface area contributed by atoms with Crippen LogP contribution in [0.5, 0.6) is 0 Å². The highest BCUT2D eigenvalue weighted by Gasteiger charge is 2.13. The van der Waals surface area contributed by atoms with Gasteiger partial charge in [-0.25, -0.2) is 0 Å². The molecule has 0 aliphatic heterocycles. The molecule has 1 amide bonds. The van der Waals surface area contributed by atoms with Gasteiger partial charge in [-0.15, -0.1) is 0 Å². The molecule has 6 nitrogen and oxygen atoms in total. The lowest BCUT2D eigenvalue weighted by Crippen LogP contribution is -2.32. The molecular formula is C14H21N3O3. The second kappa shape index (κ2) is 8.27. The molecule has 0 saturated carbocycles. The Morgan fingerprint density at radius 3 is 2.75 bits per heavy atom. The van der Waals surface area contributed by atoms with Crippen LogP contribution in [0.1, 0.15) is 38.3 Å². The fourth-order valence-electron chi connectivity index (χ4n) is 2.02. The number of benzene rings is 1. The summed E-state index contributed by atoms with van der Waals surface area (Å²) in [7, 11) is 0. The van der Waals surface area contributed by atoms with Crippen LogP contribution in [-0.4, -0.2) is 23.9 Å². The molecule has 0 bridgehead atoms. The molecule has 0 spiro atoms. The SMILES string of the molecule is CCCC(NCCNC(C)=O)c1cccc([N+](=O)[O-])c1. The molecule has 1 atom stereocenters. The third-order valence-corrected chi connectivity index (χ3v) is 2.95. The molecular weight excluding hydrogens is 258 g/mol. The number of carbonyl (C=O) groups excluding carboxylic acids is 1. The number of carbonyl (C=O) groups is 1. The highest BCUT2D eigenvalue weighted by atomic mass is 16.6. The molecule has 0 radical (unpaired) electrons. The van der Waals surface area contributed by atoms with Crippen LogP contribution < -0.4 is 10.6 Å². The van der Waals surface area contributed by atoms with E-state index in [4.69, 9.17) is 0 Å². The van der Waals surface area contributed by atoms with Crippen molar-refractivity contribution in [2.24, 2.45) is 0 Å². The molecule has 0 saturated heterocycles. The van der Waals surface area contributed by atoms with E-state index in [0.29, 0.717) is 13.1 Å². The van der Waals surface area contributed by atoms with Crippen LogP contribution in [0.15, 0.2) is 24.3 Å². The van der Waals surface area contributed by atoms with Crippen LogP contribution >= 0.6 is 0 Å². The summed E-state index contributed by atoms with van der Waals surface area (Å²) in [4.78, 5) is 21.2. The van der Waals surface area contributed by atoms with Gasteiger partial charge in [0, 0.05) is 38.2 Å². The van der Waals surface area contributed by atoms with Crippen LogP contribution in [0.3, 0.4) is 0 Å². The standard InChI is InChI=1S/C14H21N3O3/c1-3-5-14(16-9-8-15-11(2)18)12-6-4-7-13(10-12)17(19)20/h4,6-7,10,14,16H,3,5,8-9H2,1-2H3,(H,15,18). The van der Waals surface area contributed by atoms with Crippen LogP contribution in [0, 0.1) is 10.1 Å². The zero-order valence-electron chi connectivity index (χ0n) is 11.9. The van der Waals surface area contributed by atoms with E-state index in [0.717, 1.165) is 18.4 Å². The maximum absolute atomic E-state index is 10.8. The topological polar surface area (TPSA) is 84.3 Å². The van der Waals surface area contributed by atoms with E-state index in [1.807, 2.05) is 6.07 Å². The van der Waals surface area contributed by atoms with Gasteiger partial charge in [-0.3, -0.25) is 14.9 Å². The molecule has 1 aromatic carbocycles. The third kappa shape index (κ3) is 5.36. The average Bonchev–Trinajstić information content (AvgIpc) is 2.42. The monoisotopic (exact) mass is 279 g/mol. The molecule has 110 valence electrons. The summed E-state index contributed by atoms with van der Waals surface area (Å²) < 4.78 is 0. The normalized spacial score (nSPS) is 11.9. The Balaban J connectivity index is 2.67. The Kier molecular flexibility index (Phi) is 6.66. The molecule has 6 heteroatoms. The first-order valence-corrected chi connectivity index (χ1v) is 6.76. The molecule has 2 N–H and O–H groups in total. The van der Waals surface area contributed by atoms with Crippen molar-refractivity contribution in [3.8, 4) is 0 Å². The summed E-state index contributed by atoms with van der Waals surface area (Å²) in [5, 5.41) is 16.8. The van der Waals surface area contributed by atoms with E-state index in [-0.39, 0.29) is 22.6 Å². The first-order valence-electron chi connectivity index (χ1n) is 6.76. The van der Waals surface area contributed by atoms with E-state index < -0.39 is 0 Å². The summed E-state index contributed by atoms with van der Waals surface area (Å²) in [5.41, 5.74) is 1.01. The van der Waals surface area contributed by atoms with Crippen molar-refractivity contribution in [3.63, 3.8) is 0 Å². The first-order chi connectivity index (χ1) is 9.54. The maximum Gasteiger partial charge on any atom is 0.269 e. The maximum atomic E-state index is 10.8. The van der Waals surface area contributed by atoms with Crippen LogP contribution in [0.2, 0.25) is 0 Å². The Morgan fingerprint density at radius 2 is 2.15 bits per heavy atom. The highest BCUT2D eigenvalue weighted by Crippen LogP contribution is 2.22. The molecule has 0 fully saturated rings. The van der Waals surface area contributed by atoms with Gasteiger partial charge in [0.1, 0.15) is 0 Å². The van der Waals surface area contributed by atoms with Gasteiger partial charge in [0.15, 0.2) is 0 Å². The largest absolute Gasteiger partial charge is 0.355 e. The van der Waals surface area contributed by atoms with Crippen molar-refractivity contribution in [3.05, 3.63) is 39.9 Å². The van der Waals surface area contributed by atoms with Crippen LogP contribution in [-0.2, 0) is 4.79 Å². The molecule has 0 aromatic heterocycles. The third-order valence-electron chi connectivity index (χ3n) is 2.95. The average molecular weight is 279 g/mol. The van der Waals surface area contributed by atoms with E-state index >= 15 is 0 Å². The number of rotatable bonds is 8. The predicted molar refractivity (Wildman–Crippen MR) is 77.4 cm³/mol. The van der Waals surface area contributed by atoms with Gasteiger partial charge >= 0.3 is 0 Å². The minimum atomic E-state index is -0.385. The van der Waals surface area contributed by atoms with Gasteiger partial charge in [0.05, 0.1) is 4.92 Å². The number of hydrogen-bond donors (Lipinski definition) is 2. The summed E-state index contributed by atoms with van der Waals surface area (Å²) in [6.07, 6.45) is 1.86. The molecule has 20 heavy (non-hydrogen) atoms. The second-order valence-electron chi connectivity index (χ2n) is 4.63. The summed E-state index contributed by atoms with van der Waals surface area (Å²) in [6, 6.07) is 6.74. The van der Waals surface area contributed by atoms with Crippen molar-refractivity contribution >= 4 is 11.6 Å². The number of nitro benzene ring substituents is 1.